The number of rotatable bonds is 5. The Morgan fingerprint density at radius 3 is 2.74 bits per heavy atom. The van der Waals surface area contributed by atoms with Crippen molar-refractivity contribution < 1.29 is 19.4 Å². The molecule has 0 radical (unpaired) electrons. The predicted octanol–water partition coefficient (Wildman–Crippen LogP) is 0.210. The standard InChI is InChI=1S/C15H21N3O5/c1-3-10-11(4-2)16-17-14(21)13(10)15(22)18-5-6-23-9(8-18)7-12(19)20/h9H,3-8H2,1-2H3,(H,17,21)(H,19,20). The Labute approximate surface area is 133 Å². The van der Waals surface area contributed by atoms with Gasteiger partial charge in [0.1, 0.15) is 5.56 Å². The number of hydrogen-bond donors (Lipinski definition) is 2. The highest BCUT2D eigenvalue weighted by molar-refractivity contribution is 5.95. The summed E-state index contributed by atoms with van der Waals surface area (Å²) in [5, 5.41) is 15.2. The van der Waals surface area contributed by atoms with Crippen LogP contribution in [0.15, 0.2) is 4.79 Å². The topological polar surface area (TPSA) is 113 Å². The van der Waals surface area contributed by atoms with Crippen LogP contribution in [0.1, 0.15) is 41.9 Å². The van der Waals surface area contributed by atoms with Crippen molar-refractivity contribution >= 4 is 11.9 Å². The van der Waals surface area contributed by atoms with Crippen molar-refractivity contribution in [2.24, 2.45) is 0 Å². The fourth-order valence-electron chi connectivity index (χ4n) is 2.80. The van der Waals surface area contributed by atoms with Gasteiger partial charge in [-0.3, -0.25) is 14.4 Å². The molecular formula is C15H21N3O5. The van der Waals surface area contributed by atoms with E-state index in [1.807, 2.05) is 13.8 Å². The number of amides is 1. The molecular weight excluding hydrogens is 302 g/mol. The molecule has 1 fully saturated rings. The molecule has 23 heavy (non-hydrogen) atoms. The van der Waals surface area contributed by atoms with Crippen LogP contribution in [0.25, 0.3) is 0 Å². The van der Waals surface area contributed by atoms with Crippen LogP contribution in [0.3, 0.4) is 0 Å². The maximum atomic E-state index is 12.8. The minimum atomic E-state index is -0.978. The largest absolute Gasteiger partial charge is 0.481 e. The van der Waals surface area contributed by atoms with Crippen LogP contribution >= 0.6 is 0 Å². The van der Waals surface area contributed by atoms with E-state index >= 15 is 0 Å². The molecule has 2 heterocycles. The van der Waals surface area contributed by atoms with Crippen molar-refractivity contribution in [3.05, 3.63) is 27.2 Å². The fraction of sp³-hybridized carbons (Fsp3) is 0.600. The first-order valence-corrected chi connectivity index (χ1v) is 7.71. The number of aromatic amines is 1. The molecule has 2 rings (SSSR count). The quantitative estimate of drug-likeness (QED) is 0.801. The van der Waals surface area contributed by atoms with Gasteiger partial charge < -0.3 is 14.7 Å². The molecule has 1 aromatic heterocycles. The van der Waals surface area contributed by atoms with E-state index in [0.29, 0.717) is 30.6 Å². The molecule has 1 aliphatic heterocycles. The van der Waals surface area contributed by atoms with Crippen molar-refractivity contribution in [2.75, 3.05) is 19.7 Å². The second-order valence-electron chi connectivity index (χ2n) is 5.40. The third-order valence-electron chi connectivity index (χ3n) is 3.90. The van der Waals surface area contributed by atoms with Crippen LogP contribution in [0.5, 0.6) is 0 Å². The SMILES string of the molecule is CCc1n[nH]c(=O)c(C(=O)N2CCOC(CC(=O)O)C2)c1CC. The lowest BCUT2D eigenvalue weighted by Gasteiger charge is -2.32. The third-order valence-corrected chi connectivity index (χ3v) is 3.90. The van der Waals surface area contributed by atoms with E-state index in [1.54, 1.807) is 0 Å². The highest BCUT2D eigenvalue weighted by Gasteiger charge is 2.29. The Kier molecular flexibility index (Phi) is 5.49. The third kappa shape index (κ3) is 3.76. The minimum absolute atomic E-state index is 0.107. The maximum absolute atomic E-state index is 12.8. The Morgan fingerprint density at radius 1 is 1.39 bits per heavy atom. The first kappa shape index (κ1) is 17.1. The zero-order valence-electron chi connectivity index (χ0n) is 13.3. The summed E-state index contributed by atoms with van der Waals surface area (Å²) in [4.78, 5) is 37.2. The normalized spacial score (nSPS) is 18.0. The van der Waals surface area contributed by atoms with Crippen LogP contribution in [-0.2, 0) is 22.4 Å². The summed E-state index contributed by atoms with van der Waals surface area (Å²) >= 11 is 0. The van der Waals surface area contributed by atoms with E-state index in [1.165, 1.54) is 4.90 Å². The molecule has 1 saturated heterocycles. The molecule has 1 unspecified atom stereocenters. The second-order valence-corrected chi connectivity index (χ2v) is 5.40. The lowest BCUT2D eigenvalue weighted by Crippen LogP contribution is -2.48. The maximum Gasteiger partial charge on any atom is 0.306 e. The van der Waals surface area contributed by atoms with Crippen LogP contribution in [0, 0.1) is 0 Å². The lowest BCUT2D eigenvalue weighted by atomic mass is 10.0. The van der Waals surface area contributed by atoms with Gasteiger partial charge in [0.05, 0.1) is 24.8 Å². The number of carboxylic acid groups (broad SMARTS) is 1. The average molecular weight is 323 g/mol. The summed E-state index contributed by atoms with van der Waals surface area (Å²) in [5.74, 6) is -1.37. The van der Waals surface area contributed by atoms with Gasteiger partial charge in [-0.2, -0.15) is 5.10 Å². The summed E-state index contributed by atoms with van der Waals surface area (Å²) < 4.78 is 5.36. The van der Waals surface area contributed by atoms with E-state index in [-0.39, 0.29) is 31.0 Å². The van der Waals surface area contributed by atoms with Gasteiger partial charge in [0, 0.05) is 13.1 Å². The Morgan fingerprint density at radius 2 is 2.13 bits per heavy atom. The van der Waals surface area contributed by atoms with Crippen molar-refractivity contribution in [1.29, 1.82) is 0 Å². The van der Waals surface area contributed by atoms with E-state index in [2.05, 4.69) is 10.2 Å². The van der Waals surface area contributed by atoms with Gasteiger partial charge in [0.2, 0.25) is 0 Å². The summed E-state index contributed by atoms with van der Waals surface area (Å²) in [5.41, 5.74) is 0.953. The molecule has 0 bridgehead atoms. The number of aliphatic carboxylic acids is 1. The van der Waals surface area contributed by atoms with Crippen molar-refractivity contribution in [3.63, 3.8) is 0 Å². The van der Waals surface area contributed by atoms with Crippen molar-refractivity contribution in [2.45, 2.75) is 39.2 Å². The smallest absolute Gasteiger partial charge is 0.306 e. The van der Waals surface area contributed by atoms with Gasteiger partial charge in [-0.05, 0) is 18.4 Å². The number of aromatic nitrogens is 2. The number of H-pyrrole nitrogens is 1. The second kappa shape index (κ2) is 7.36. The van der Waals surface area contributed by atoms with E-state index < -0.39 is 17.6 Å². The molecule has 8 heteroatoms. The molecule has 0 spiro atoms. The molecule has 0 aliphatic carbocycles. The molecule has 1 aromatic rings. The summed E-state index contributed by atoms with van der Waals surface area (Å²) in [7, 11) is 0. The van der Waals surface area contributed by atoms with Gasteiger partial charge in [-0.25, -0.2) is 5.10 Å². The van der Waals surface area contributed by atoms with Gasteiger partial charge in [0.15, 0.2) is 0 Å². The van der Waals surface area contributed by atoms with Gasteiger partial charge in [-0.1, -0.05) is 13.8 Å². The zero-order chi connectivity index (χ0) is 17.0. The average Bonchev–Trinajstić information content (AvgIpc) is 2.53. The van der Waals surface area contributed by atoms with Crippen molar-refractivity contribution in [1.82, 2.24) is 15.1 Å². The summed E-state index contributed by atoms with van der Waals surface area (Å²) in [6.45, 7) is 4.54. The van der Waals surface area contributed by atoms with Gasteiger partial charge in [-0.15, -0.1) is 0 Å². The van der Waals surface area contributed by atoms with Gasteiger partial charge >= 0.3 is 5.97 Å². The zero-order valence-corrected chi connectivity index (χ0v) is 13.3. The summed E-state index contributed by atoms with van der Waals surface area (Å²) in [6, 6.07) is 0. The van der Waals surface area contributed by atoms with Crippen LogP contribution < -0.4 is 5.56 Å². The lowest BCUT2D eigenvalue weighted by molar-refractivity contribution is -0.141. The molecule has 8 nitrogen and oxygen atoms in total. The highest BCUT2D eigenvalue weighted by atomic mass is 16.5. The van der Waals surface area contributed by atoms with Crippen molar-refractivity contribution in [3.8, 4) is 0 Å². The van der Waals surface area contributed by atoms with Gasteiger partial charge in [0.25, 0.3) is 11.5 Å². The number of carbonyl (C=O) groups excluding carboxylic acids is 1. The summed E-state index contributed by atoms with van der Waals surface area (Å²) in [6.07, 6.45) is 0.425. The Balaban J connectivity index is 2.29. The van der Waals surface area contributed by atoms with E-state index in [4.69, 9.17) is 9.84 Å². The monoisotopic (exact) mass is 323 g/mol. The number of nitrogens with one attached hydrogen (secondary N) is 1. The minimum Gasteiger partial charge on any atom is -0.481 e. The fourth-order valence-corrected chi connectivity index (χ4v) is 2.80. The first-order chi connectivity index (χ1) is 11.0. The number of aryl methyl sites for hydroxylation is 1. The highest BCUT2D eigenvalue weighted by Crippen LogP contribution is 2.16. The molecule has 1 amide bonds. The number of ether oxygens (including phenoxy) is 1. The molecule has 2 N–H and O–H groups in total. The molecule has 1 atom stereocenters. The number of hydrogen-bond acceptors (Lipinski definition) is 5. The Hall–Kier alpha value is -2.22. The van der Waals surface area contributed by atoms with Crippen LogP contribution in [0.2, 0.25) is 0 Å². The molecule has 126 valence electrons. The Bertz CT molecular complexity index is 655. The predicted molar refractivity (Wildman–Crippen MR) is 81.5 cm³/mol. The van der Waals surface area contributed by atoms with Crippen LogP contribution in [-0.4, -0.2) is 57.9 Å². The van der Waals surface area contributed by atoms with E-state index in [0.717, 1.165) is 0 Å². The molecule has 1 aliphatic rings. The van der Waals surface area contributed by atoms with E-state index in [9.17, 15) is 14.4 Å². The number of carbonyl (C=O) groups is 2. The number of carboxylic acids is 1. The first-order valence-electron chi connectivity index (χ1n) is 7.71. The number of nitrogens with zero attached hydrogens (tertiary/aromatic N) is 2. The van der Waals surface area contributed by atoms with Crippen LogP contribution in [0.4, 0.5) is 0 Å². The number of morpholine rings is 1. The molecule has 0 saturated carbocycles. The molecule has 0 aromatic carbocycles.